The smallest absolute Gasteiger partial charge is 0.474 e. The van der Waals surface area contributed by atoms with E-state index < -0.39 is 6.36 Å². The van der Waals surface area contributed by atoms with Crippen molar-refractivity contribution in [3.05, 3.63) is 42.6 Å². The predicted octanol–water partition coefficient (Wildman–Crippen LogP) is 6.28. The summed E-state index contributed by atoms with van der Waals surface area (Å²) < 4.78 is 50.0. The Morgan fingerprint density at radius 3 is 2.47 bits per heavy atom. The van der Waals surface area contributed by atoms with Crippen molar-refractivity contribution in [1.29, 1.82) is 0 Å². The van der Waals surface area contributed by atoms with Gasteiger partial charge in [0.2, 0.25) is 5.88 Å². The highest BCUT2D eigenvalue weighted by Crippen LogP contribution is 2.34. The van der Waals surface area contributed by atoms with Crippen molar-refractivity contribution in [1.82, 2.24) is 14.6 Å². The number of hydrogen-bond donors (Lipinski definition) is 0. The number of para-hydroxylation sites is 1. The molecule has 0 amide bonds. The van der Waals surface area contributed by atoms with Crippen LogP contribution in [0.3, 0.4) is 0 Å². The van der Waals surface area contributed by atoms with E-state index in [1.165, 1.54) is 28.9 Å². The molecule has 1 unspecified atom stereocenters. The van der Waals surface area contributed by atoms with Crippen molar-refractivity contribution >= 4 is 5.65 Å². The molecule has 3 rings (SSSR count). The topological polar surface area (TPSA) is 48.7 Å². The van der Waals surface area contributed by atoms with E-state index in [1.54, 1.807) is 18.2 Å². The molecule has 0 saturated carbocycles. The van der Waals surface area contributed by atoms with E-state index in [0.29, 0.717) is 23.1 Å². The highest BCUT2D eigenvalue weighted by atomic mass is 19.4. The quantitative estimate of drug-likeness (QED) is 0.408. The van der Waals surface area contributed by atoms with Gasteiger partial charge in [0.15, 0.2) is 5.65 Å². The largest absolute Gasteiger partial charge is 0.573 e. The van der Waals surface area contributed by atoms with Crippen molar-refractivity contribution in [2.24, 2.45) is 5.92 Å². The lowest BCUT2D eigenvalue weighted by atomic mass is 9.96. The standard InChI is InChI=1S/C22H26F3N3O2/c1-4-16(5-2)11-10-15(3)29-21-13-12-20-26-14-18(28(20)27-21)17-8-6-7-9-19(17)30-22(23,24)25/h6-9,12-16H,4-5,10-11H2,1-3H3. The first-order chi connectivity index (χ1) is 14.3. The summed E-state index contributed by atoms with van der Waals surface area (Å²) in [4.78, 5) is 4.24. The Hall–Kier alpha value is -2.77. The van der Waals surface area contributed by atoms with Gasteiger partial charge in [-0.1, -0.05) is 38.8 Å². The second-order valence-corrected chi connectivity index (χ2v) is 7.32. The molecule has 0 radical (unpaired) electrons. The average molecular weight is 421 g/mol. The minimum atomic E-state index is -4.79. The van der Waals surface area contributed by atoms with E-state index in [0.717, 1.165) is 25.7 Å². The van der Waals surface area contributed by atoms with Gasteiger partial charge in [0, 0.05) is 11.6 Å². The van der Waals surface area contributed by atoms with Gasteiger partial charge in [-0.25, -0.2) is 9.50 Å². The average Bonchev–Trinajstić information content (AvgIpc) is 3.11. The maximum atomic E-state index is 12.8. The van der Waals surface area contributed by atoms with Crippen LogP contribution < -0.4 is 9.47 Å². The number of benzene rings is 1. The molecule has 0 N–H and O–H groups in total. The maximum Gasteiger partial charge on any atom is 0.573 e. The molecule has 0 aliphatic carbocycles. The van der Waals surface area contributed by atoms with E-state index in [-0.39, 0.29) is 17.4 Å². The number of ether oxygens (including phenoxy) is 2. The van der Waals surface area contributed by atoms with Crippen LogP contribution in [-0.2, 0) is 0 Å². The van der Waals surface area contributed by atoms with Gasteiger partial charge >= 0.3 is 6.36 Å². The molecule has 8 heteroatoms. The molecule has 0 aliphatic heterocycles. The highest BCUT2D eigenvalue weighted by Gasteiger charge is 2.32. The summed E-state index contributed by atoms with van der Waals surface area (Å²) in [7, 11) is 0. The third kappa shape index (κ3) is 5.43. The Labute approximate surface area is 173 Å². The van der Waals surface area contributed by atoms with Crippen molar-refractivity contribution < 1.29 is 22.6 Å². The third-order valence-corrected chi connectivity index (χ3v) is 5.18. The first-order valence-corrected chi connectivity index (χ1v) is 10.2. The number of fused-ring (bicyclic) bond motifs is 1. The second-order valence-electron chi connectivity index (χ2n) is 7.32. The molecule has 0 fully saturated rings. The highest BCUT2D eigenvalue weighted by molar-refractivity contribution is 5.69. The first kappa shape index (κ1) is 21.9. The molecule has 2 heterocycles. The van der Waals surface area contributed by atoms with E-state index in [1.807, 2.05) is 6.92 Å². The van der Waals surface area contributed by atoms with E-state index in [4.69, 9.17) is 4.74 Å². The van der Waals surface area contributed by atoms with Crippen molar-refractivity contribution in [2.45, 2.75) is 58.9 Å². The van der Waals surface area contributed by atoms with Crippen LogP contribution in [0.1, 0.15) is 46.5 Å². The zero-order valence-corrected chi connectivity index (χ0v) is 17.3. The molecule has 162 valence electrons. The molecule has 2 aromatic heterocycles. The van der Waals surface area contributed by atoms with Crippen molar-refractivity contribution in [3.63, 3.8) is 0 Å². The number of halogens is 3. The van der Waals surface area contributed by atoms with Crippen molar-refractivity contribution in [3.8, 4) is 22.9 Å². The van der Waals surface area contributed by atoms with Crippen LogP contribution in [0.25, 0.3) is 16.9 Å². The second kappa shape index (κ2) is 9.36. The zero-order valence-electron chi connectivity index (χ0n) is 17.3. The summed E-state index contributed by atoms with van der Waals surface area (Å²) in [6.45, 7) is 6.38. The fraction of sp³-hybridized carbons (Fsp3) is 0.455. The van der Waals surface area contributed by atoms with Gasteiger partial charge < -0.3 is 9.47 Å². The summed E-state index contributed by atoms with van der Waals surface area (Å²) >= 11 is 0. The summed E-state index contributed by atoms with van der Waals surface area (Å²) in [5, 5.41) is 4.45. The third-order valence-electron chi connectivity index (χ3n) is 5.18. The van der Waals surface area contributed by atoms with Crippen LogP contribution in [0.4, 0.5) is 13.2 Å². The van der Waals surface area contributed by atoms with Gasteiger partial charge in [-0.3, -0.25) is 0 Å². The first-order valence-electron chi connectivity index (χ1n) is 10.2. The molecule has 0 bridgehead atoms. The molecule has 3 aromatic rings. The molecular weight excluding hydrogens is 395 g/mol. The van der Waals surface area contributed by atoms with Crippen LogP contribution in [0.5, 0.6) is 11.6 Å². The van der Waals surface area contributed by atoms with Gasteiger partial charge in [0.05, 0.1) is 18.0 Å². The number of alkyl halides is 3. The zero-order chi connectivity index (χ0) is 21.7. The van der Waals surface area contributed by atoms with Crippen LogP contribution in [0.15, 0.2) is 42.6 Å². The van der Waals surface area contributed by atoms with Crippen LogP contribution in [0.2, 0.25) is 0 Å². The van der Waals surface area contributed by atoms with Crippen molar-refractivity contribution in [2.75, 3.05) is 0 Å². The number of rotatable bonds is 9. The molecule has 0 aliphatic rings. The SMILES string of the molecule is CCC(CC)CCC(C)Oc1ccc2ncc(-c3ccccc3OC(F)(F)F)n2n1. The lowest BCUT2D eigenvalue weighted by Gasteiger charge is -2.17. The summed E-state index contributed by atoms with van der Waals surface area (Å²) in [5.74, 6) is 0.767. The van der Waals surface area contributed by atoms with Gasteiger partial charge in [0.1, 0.15) is 5.75 Å². The molecule has 0 saturated heterocycles. The van der Waals surface area contributed by atoms with Crippen LogP contribution in [-0.4, -0.2) is 27.1 Å². The Morgan fingerprint density at radius 2 is 1.77 bits per heavy atom. The molecule has 1 atom stereocenters. The number of hydrogen-bond acceptors (Lipinski definition) is 4. The molecule has 1 aromatic carbocycles. The number of imidazole rings is 1. The summed E-state index contributed by atoms with van der Waals surface area (Å²) in [6, 6.07) is 9.38. The van der Waals surface area contributed by atoms with E-state index in [9.17, 15) is 13.2 Å². The lowest BCUT2D eigenvalue weighted by molar-refractivity contribution is -0.274. The summed E-state index contributed by atoms with van der Waals surface area (Å²) in [6.07, 6.45) is 0.934. The monoisotopic (exact) mass is 421 g/mol. The van der Waals surface area contributed by atoms with Gasteiger partial charge in [-0.2, -0.15) is 0 Å². The Kier molecular flexibility index (Phi) is 6.84. The van der Waals surface area contributed by atoms with Gasteiger partial charge in [-0.05, 0) is 43.9 Å². The maximum absolute atomic E-state index is 12.8. The minimum Gasteiger partial charge on any atom is -0.474 e. The Morgan fingerprint density at radius 1 is 1.03 bits per heavy atom. The van der Waals surface area contributed by atoms with E-state index >= 15 is 0 Å². The summed E-state index contributed by atoms with van der Waals surface area (Å²) in [5.41, 5.74) is 1.14. The molecule has 0 spiro atoms. The fourth-order valence-corrected chi connectivity index (χ4v) is 3.43. The molecule has 30 heavy (non-hydrogen) atoms. The minimum absolute atomic E-state index is 0.0247. The normalized spacial score (nSPS) is 13.0. The van der Waals surface area contributed by atoms with Crippen LogP contribution in [0, 0.1) is 5.92 Å². The van der Waals surface area contributed by atoms with Crippen LogP contribution >= 0.6 is 0 Å². The number of aromatic nitrogens is 3. The Bertz CT molecular complexity index is 968. The Balaban J connectivity index is 1.84. The lowest BCUT2D eigenvalue weighted by Crippen LogP contribution is -2.17. The molecule has 5 nitrogen and oxygen atoms in total. The van der Waals surface area contributed by atoms with Gasteiger partial charge in [0.25, 0.3) is 0 Å². The van der Waals surface area contributed by atoms with Gasteiger partial charge in [-0.15, -0.1) is 18.3 Å². The molecular formula is C22H26F3N3O2. The predicted molar refractivity (Wildman–Crippen MR) is 109 cm³/mol. The fourth-order valence-electron chi connectivity index (χ4n) is 3.43. The number of nitrogens with zero attached hydrogens (tertiary/aromatic N) is 3. The van der Waals surface area contributed by atoms with E-state index in [2.05, 4.69) is 28.7 Å².